The maximum absolute atomic E-state index is 13.6. The molecule has 0 amide bonds. The second kappa shape index (κ2) is 8.79. The van der Waals surface area contributed by atoms with Crippen molar-refractivity contribution in [2.45, 2.75) is 38.8 Å². The predicted octanol–water partition coefficient (Wildman–Crippen LogP) is 4.09. The van der Waals surface area contributed by atoms with Gasteiger partial charge in [0.25, 0.3) is 5.56 Å². The predicted molar refractivity (Wildman–Crippen MR) is 115 cm³/mol. The third-order valence-corrected chi connectivity index (χ3v) is 5.88. The lowest BCUT2D eigenvalue weighted by Crippen LogP contribution is -2.38. The van der Waals surface area contributed by atoms with E-state index in [-0.39, 0.29) is 17.4 Å². The maximum Gasteiger partial charge on any atom is 0.260 e. The van der Waals surface area contributed by atoms with Crippen LogP contribution in [0.4, 0.5) is 0 Å². The minimum absolute atomic E-state index is 0.0413. The molecule has 0 radical (unpaired) electrons. The number of likely N-dealkylation sites (tertiary alicyclic amines) is 1. The summed E-state index contributed by atoms with van der Waals surface area (Å²) in [7, 11) is 1.64. The zero-order valence-corrected chi connectivity index (χ0v) is 17.5. The number of furan rings is 1. The SMILES string of the molecule is COc1ccc([C@@H](c2c(O)cc(C)n(Cc3ccco3)c2=O)N2CCCCC2)cc1. The van der Waals surface area contributed by atoms with E-state index in [0.29, 0.717) is 23.6 Å². The molecule has 158 valence electrons. The van der Waals surface area contributed by atoms with Gasteiger partial charge in [-0.3, -0.25) is 9.69 Å². The molecule has 0 bridgehead atoms. The number of pyridine rings is 1. The molecule has 0 aliphatic carbocycles. The number of ether oxygens (including phenoxy) is 1. The van der Waals surface area contributed by atoms with Crippen LogP contribution in [0.5, 0.6) is 11.5 Å². The Bertz CT molecular complexity index is 1030. The molecule has 0 saturated carbocycles. The number of nitrogens with zero attached hydrogens (tertiary/aromatic N) is 2. The van der Waals surface area contributed by atoms with E-state index in [1.807, 2.05) is 43.3 Å². The molecule has 0 unspecified atom stereocenters. The van der Waals surface area contributed by atoms with Crippen molar-refractivity contribution < 1.29 is 14.3 Å². The molecule has 1 aliphatic heterocycles. The fourth-order valence-electron chi connectivity index (χ4n) is 4.30. The Hall–Kier alpha value is -2.99. The molecular formula is C24H28N2O4. The normalized spacial score (nSPS) is 15.8. The van der Waals surface area contributed by atoms with Gasteiger partial charge in [0.05, 0.1) is 31.5 Å². The molecule has 1 fully saturated rings. The van der Waals surface area contributed by atoms with E-state index < -0.39 is 0 Å². The van der Waals surface area contributed by atoms with Gasteiger partial charge in [0.1, 0.15) is 17.3 Å². The summed E-state index contributed by atoms with van der Waals surface area (Å²) < 4.78 is 12.4. The molecule has 3 aromatic rings. The van der Waals surface area contributed by atoms with Gasteiger partial charge in [-0.1, -0.05) is 18.6 Å². The van der Waals surface area contributed by atoms with E-state index >= 15 is 0 Å². The lowest BCUT2D eigenvalue weighted by Gasteiger charge is -2.35. The highest BCUT2D eigenvalue weighted by Gasteiger charge is 2.30. The summed E-state index contributed by atoms with van der Waals surface area (Å²) in [5, 5.41) is 10.9. The molecule has 1 saturated heterocycles. The van der Waals surface area contributed by atoms with Crippen LogP contribution in [0.1, 0.15) is 47.9 Å². The summed E-state index contributed by atoms with van der Waals surface area (Å²) >= 11 is 0. The quantitative estimate of drug-likeness (QED) is 0.665. The van der Waals surface area contributed by atoms with Gasteiger partial charge in [0.2, 0.25) is 0 Å². The van der Waals surface area contributed by atoms with Crippen LogP contribution in [-0.4, -0.2) is 34.8 Å². The zero-order valence-electron chi connectivity index (χ0n) is 17.5. The number of hydrogen-bond donors (Lipinski definition) is 1. The van der Waals surface area contributed by atoms with Crippen molar-refractivity contribution in [2.24, 2.45) is 0 Å². The minimum Gasteiger partial charge on any atom is -0.507 e. The fourth-order valence-corrected chi connectivity index (χ4v) is 4.30. The van der Waals surface area contributed by atoms with Gasteiger partial charge < -0.3 is 18.8 Å². The number of methoxy groups -OCH3 is 1. The van der Waals surface area contributed by atoms with Gasteiger partial charge in [0.15, 0.2) is 0 Å². The van der Waals surface area contributed by atoms with Crippen LogP contribution in [0.15, 0.2) is 57.9 Å². The lowest BCUT2D eigenvalue weighted by molar-refractivity contribution is 0.183. The van der Waals surface area contributed by atoms with Crippen molar-refractivity contribution >= 4 is 0 Å². The Kier molecular flexibility index (Phi) is 5.95. The average molecular weight is 408 g/mol. The molecule has 1 aliphatic rings. The summed E-state index contributed by atoms with van der Waals surface area (Å²) in [6, 6.07) is 12.8. The highest BCUT2D eigenvalue weighted by atomic mass is 16.5. The van der Waals surface area contributed by atoms with Crippen LogP contribution < -0.4 is 10.3 Å². The first kappa shape index (κ1) is 20.3. The molecule has 3 heterocycles. The first-order chi connectivity index (χ1) is 14.6. The van der Waals surface area contributed by atoms with Crippen LogP contribution in [0.3, 0.4) is 0 Å². The van der Waals surface area contributed by atoms with E-state index in [1.165, 1.54) is 6.42 Å². The van der Waals surface area contributed by atoms with Crippen LogP contribution in [0, 0.1) is 6.92 Å². The molecule has 0 spiro atoms. The van der Waals surface area contributed by atoms with Crippen LogP contribution in [-0.2, 0) is 6.54 Å². The Morgan fingerprint density at radius 3 is 2.50 bits per heavy atom. The van der Waals surface area contributed by atoms with Crippen molar-refractivity contribution in [3.05, 3.63) is 81.7 Å². The van der Waals surface area contributed by atoms with E-state index in [2.05, 4.69) is 4.90 Å². The molecule has 1 aromatic carbocycles. The third-order valence-electron chi connectivity index (χ3n) is 5.88. The van der Waals surface area contributed by atoms with Crippen molar-refractivity contribution in [2.75, 3.05) is 20.2 Å². The first-order valence-electron chi connectivity index (χ1n) is 10.4. The molecular weight excluding hydrogens is 380 g/mol. The summed E-state index contributed by atoms with van der Waals surface area (Å²) in [5.41, 5.74) is 1.90. The molecule has 4 rings (SSSR count). The van der Waals surface area contributed by atoms with E-state index in [4.69, 9.17) is 9.15 Å². The van der Waals surface area contributed by atoms with Gasteiger partial charge in [-0.2, -0.15) is 0 Å². The minimum atomic E-state index is -0.313. The Morgan fingerprint density at radius 1 is 1.13 bits per heavy atom. The molecule has 6 heteroatoms. The first-order valence-corrected chi connectivity index (χ1v) is 10.4. The van der Waals surface area contributed by atoms with E-state index in [1.54, 1.807) is 24.0 Å². The van der Waals surface area contributed by atoms with Crippen LogP contribution >= 0.6 is 0 Å². The van der Waals surface area contributed by atoms with Crippen LogP contribution in [0.25, 0.3) is 0 Å². The number of benzene rings is 1. The second-order valence-corrected chi connectivity index (χ2v) is 7.83. The Labute approximate surface area is 176 Å². The molecule has 2 aromatic heterocycles. The monoisotopic (exact) mass is 408 g/mol. The van der Waals surface area contributed by atoms with E-state index in [9.17, 15) is 9.90 Å². The lowest BCUT2D eigenvalue weighted by atomic mass is 9.94. The van der Waals surface area contributed by atoms with Gasteiger partial charge in [0, 0.05) is 5.69 Å². The zero-order chi connectivity index (χ0) is 21.1. The highest BCUT2D eigenvalue weighted by Crippen LogP contribution is 2.35. The van der Waals surface area contributed by atoms with Crippen molar-refractivity contribution in [1.29, 1.82) is 0 Å². The number of aromatic hydroxyl groups is 1. The Morgan fingerprint density at radius 2 is 1.87 bits per heavy atom. The largest absolute Gasteiger partial charge is 0.507 e. The number of aromatic nitrogens is 1. The van der Waals surface area contributed by atoms with Crippen molar-refractivity contribution in [3.63, 3.8) is 0 Å². The highest BCUT2D eigenvalue weighted by molar-refractivity contribution is 5.42. The second-order valence-electron chi connectivity index (χ2n) is 7.83. The maximum atomic E-state index is 13.6. The average Bonchev–Trinajstić information content (AvgIpc) is 3.28. The molecule has 6 nitrogen and oxygen atoms in total. The van der Waals surface area contributed by atoms with Crippen LogP contribution in [0.2, 0.25) is 0 Å². The molecule has 1 atom stereocenters. The van der Waals surface area contributed by atoms with Gasteiger partial charge in [-0.25, -0.2) is 0 Å². The summed E-state index contributed by atoms with van der Waals surface area (Å²) in [6.45, 7) is 3.95. The number of piperidine rings is 1. The summed E-state index contributed by atoms with van der Waals surface area (Å²) in [6.07, 6.45) is 4.96. The topological polar surface area (TPSA) is 67.8 Å². The number of hydrogen-bond acceptors (Lipinski definition) is 5. The molecule has 1 N–H and O–H groups in total. The number of rotatable bonds is 6. The third kappa shape index (κ3) is 4.00. The smallest absolute Gasteiger partial charge is 0.260 e. The molecule has 30 heavy (non-hydrogen) atoms. The summed E-state index contributed by atoms with van der Waals surface area (Å²) in [4.78, 5) is 15.9. The Balaban J connectivity index is 1.83. The number of aryl methyl sites for hydroxylation is 1. The van der Waals surface area contributed by atoms with Gasteiger partial charge in [-0.05, 0) is 68.8 Å². The van der Waals surface area contributed by atoms with E-state index in [0.717, 1.165) is 37.2 Å². The van der Waals surface area contributed by atoms with Crippen molar-refractivity contribution in [1.82, 2.24) is 9.47 Å². The fraction of sp³-hybridized carbons (Fsp3) is 0.375. The summed E-state index contributed by atoms with van der Waals surface area (Å²) in [5.74, 6) is 1.51. The van der Waals surface area contributed by atoms with Gasteiger partial charge in [-0.15, -0.1) is 0 Å². The van der Waals surface area contributed by atoms with Crippen molar-refractivity contribution in [3.8, 4) is 11.5 Å². The standard InChI is InChI=1S/C24H28N2O4/c1-17-15-21(27)22(24(28)26(17)16-20-7-6-14-30-20)23(25-12-4-3-5-13-25)18-8-10-19(29-2)11-9-18/h6-11,14-15,23,27H,3-5,12-13,16H2,1-2H3/t23-/m0/s1. The van der Waals surface area contributed by atoms with Gasteiger partial charge >= 0.3 is 0 Å².